The van der Waals surface area contributed by atoms with Crippen molar-refractivity contribution in [3.8, 4) is 33.4 Å². The average molecular weight is 696 g/mol. The highest BCUT2D eigenvalue weighted by molar-refractivity contribution is 8.00. The predicted molar refractivity (Wildman–Crippen MR) is 226 cm³/mol. The zero-order chi connectivity index (χ0) is 34.2. The Morgan fingerprint density at radius 1 is 0.423 bits per heavy atom. The number of thiophene rings is 1. The quantitative estimate of drug-likeness (QED) is 0.169. The maximum Gasteiger partial charge on any atom is 0.249 e. The largest absolute Gasteiger partial charge is 0.310 e. The molecule has 0 spiro atoms. The number of hydrogen-bond donors (Lipinski definition) is 0. The Balaban J connectivity index is 1.23. The van der Waals surface area contributed by atoms with Crippen LogP contribution >= 0.6 is 23.1 Å². The second-order valence-electron chi connectivity index (χ2n) is 13.6. The van der Waals surface area contributed by atoms with Gasteiger partial charge in [-0.2, -0.15) is 0 Å². The number of hydrogen-bond acceptors (Lipinski definition) is 3. The summed E-state index contributed by atoms with van der Waals surface area (Å²) in [5.41, 5.74) is 15.2. The molecular formula is C48H30BNS2. The van der Waals surface area contributed by atoms with Gasteiger partial charge in [0.25, 0.3) is 0 Å². The van der Waals surface area contributed by atoms with Crippen molar-refractivity contribution in [1.82, 2.24) is 0 Å². The minimum atomic E-state index is 0.112. The van der Waals surface area contributed by atoms with E-state index in [0.717, 1.165) is 0 Å². The van der Waals surface area contributed by atoms with Crippen LogP contribution in [0.15, 0.2) is 192 Å². The SMILES string of the molecule is c1ccc(-c2cccc(-c3ccccc3)c2N2c3ccc(-c4cccc5c4sc4ccccc45)cc3B3c4ccccc4Sc4cccc2c43)cc1. The lowest BCUT2D eigenvalue weighted by molar-refractivity contribution is 1.27. The van der Waals surface area contributed by atoms with Crippen LogP contribution in [0.2, 0.25) is 0 Å². The molecule has 0 unspecified atom stereocenters. The van der Waals surface area contributed by atoms with Crippen LogP contribution in [0.3, 0.4) is 0 Å². The van der Waals surface area contributed by atoms with E-state index in [1.807, 2.05) is 23.1 Å². The van der Waals surface area contributed by atoms with Gasteiger partial charge in [-0.25, -0.2) is 0 Å². The minimum absolute atomic E-state index is 0.112. The highest BCUT2D eigenvalue weighted by Crippen LogP contribution is 2.49. The number of anilines is 3. The minimum Gasteiger partial charge on any atom is -0.310 e. The van der Waals surface area contributed by atoms with Crippen molar-refractivity contribution < 1.29 is 0 Å². The molecule has 1 aromatic heterocycles. The van der Waals surface area contributed by atoms with E-state index in [1.54, 1.807) is 0 Å². The van der Waals surface area contributed by atoms with Gasteiger partial charge in [0.2, 0.25) is 6.71 Å². The fourth-order valence-corrected chi connectivity index (χ4v) is 10.9. The lowest BCUT2D eigenvalue weighted by Gasteiger charge is -2.41. The lowest BCUT2D eigenvalue weighted by Crippen LogP contribution is -2.59. The summed E-state index contributed by atoms with van der Waals surface area (Å²) in [4.78, 5) is 5.24. The molecule has 0 radical (unpaired) electrons. The van der Waals surface area contributed by atoms with E-state index in [2.05, 4.69) is 187 Å². The molecule has 0 N–H and O–H groups in total. The molecule has 4 heteroatoms. The van der Waals surface area contributed by atoms with Crippen LogP contribution in [0, 0.1) is 0 Å². The molecule has 0 aliphatic carbocycles. The number of nitrogens with zero attached hydrogens (tertiary/aromatic N) is 1. The molecular weight excluding hydrogens is 665 g/mol. The van der Waals surface area contributed by atoms with Gasteiger partial charge in [0.15, 0.2) is 0 Å². The standard InChI is InChI=1S/C48H30BNS2/c1-3-14-31(15-4-1)34-19-11-20-35(32-16-5-2-6-17-32)47(34)50-41-29-28-33(36-21-12-22-38-37-18-7-9-25-43(37)52-48(36)38)30-40(41)49-39-23-8-10-26-44(39)51-45-27-13-24-42(50)46(45)49/h1-30H. The van der Waals surface area contributed by atoms with E-state index in [-0.39, 0.29) is 6.71 Å². The van der Waals surface area contributed by atoms with Gasteiger partial charge in [-0.15, -0.1) is 11.3 Å². The monoisotopic (exact) mass is 695 g/mol. The zero-order valence-corrected chi connectivity index (χ0v) is 29.8. The molecule has 3 heterocycles. The summed E-state index contributed by atoms with van der Waals surface area (Å²) in [6.45, 7) is 0.112. The molecule has 242 valence electrons. The molecule has 0 bridgehead atoms. The van der Waals surface area contributed by atoms with Crippen LogP contribution in [0.1, 0.15) is 0 Å². The molecule has 9 aromatic rings. The van der Waals surface area contributed by atoms with E-state index < -0.39 is 0 Å². The van der Waals surface area contributed by atoms with E-state index in [9.17, 15) is 0 Å². The molecule has 0 atom stereocenters. The molecule has 0 amide bonds. The molecule has 0 saturated carbocycles. The third kappa shape index (κ3) is 4.51. The Bertz CT molecular complexity index is 2780. The summed E-state index contributed by atoms with van der Waals surface area (Å²) in [5.74, 6) is 0. The summed E-state index contributed by atoms with van der Waals surface area (Å²) in [5, 5.41) is 2.66. The average Bonchev–Trinajstić information content (AvgIpc) is 3.60. The van der Waals surface area contributed by atoms with Crippen LogP contribution in [0.5, 0.6) is 0 Å². The number of fused-ring (bicyclic) bond motifs is 7. The van der Waals surface area contributed by atoms with Crippen LogP contribution in [-0.4, -0.2) is 6.71 Å². The smallest absolute Gasteiger partial charge is 0.249 e. The van der Waals surface area contributed by atoms with Gasteiger partial charge in [-0.05, 0) is 63.5 Å². The van der Waals surface area contributed by atoms with E-state index in [1.165, 1.54) is 96.8 Å². The van der Waals surface area contributed by atoms with E-state index in [0.29, 0.717) is 0 Å². The Kier molecular flexibility index (Phi) is 6.83. The molecule has 2 aliphatic heterocycles. The van der Waals surface area contributed by atoms with E-state index >= 15 is 0 Å². The highest BCUT2D eigenvalue weighted by Gasteiger charge is 2.41. The van der Waals surface area contributed by atoms with E-state index in [4.69, 9.17) is 0 Å². The van der Waals surface area contributed by atoms with Crippen molar-refractivity contribution in [2.75, 3.05) is 4.90 Å². The van der Waals surface area contributed by atoms with Gasteiger partial charge in [-0.1, -0.05) is 169 Å². The van der Waals surface area contributed by atoms with Gasteiger partial charge in [0.05, 0.1) is 5.69 Å². The van der Waals surface area contributed by atoms with Crippen molar-refractivity contribution >= 4 is 83.4 Å². The fourth-order valence-electron chi connectivity index (χ4n) is 8.50. The summed E-state index contributed by atoms with van der Waals surface area (Å²) < 4.78 is 2.68. The zero-order valence-electron chi connectivity index (χ0n) is 28.2. The van der Waals surface area contributed by atoms with Crippen molar-refractivity contribution in [2.45, 2.75) is 9.79 Å². The van der Waals surface area contributed by atoms with Gasteiger partial charge in [-0.3, -0.25) is 0 Å². The Morgan fingerprint density at radius 2 is 1.06 bits per heavy atom. The maximum atomic E-state index is 2.58. The normalized spacial score (nSPS) is 12.8. The third-order valence-electron chi connectivity index (χ3n) is 10.7. The Hall–Kier alpha value is -5.81. The predicted octanol–water partition coefficient (Wildman–Crippen LogP) is 11.8. The number of benzene rings is 8. The topological polar surface area (TPSA) is 3.24 Å². The molecule has 0 fully saturated rings. The second kappa shape index (κ2) is 11.9. The molecule has 2 aliphatic rings. The first-order valence-electron chi connectivity index (χ1n) is 17.8. The molecule has 0 saturated heterocycles. The summed E-state index contributed by atoms with van der Waals surface area (Å²) in [6.07, 6.45) is 0. The first kappa shape index (κ1) is 29.9. The van der Waals surface area contributed by atoms with Gasteiger partial charge in [0.1, 0.15) is 0 Å². The summed E-state index contributed by atoms with van der Waals surface area (Å²) in [6, 6.07) is 67.3. The molecule has 11 rings (SSSR count). The van der Waals surface area contributed by atoms with Gasteiger partial charge in [0, 0.05) is 52.5 Å². The third-order valence-corrected chi connectivity index (χ3v) is 13.1. The van der Waals surface area contributed by atoms with Gasteiger partial charge >= 0.3 is 0 Å². The fraction of sp³-hybridized carbons (Fsp3) is 0. The maximum absolute atomic E-state index is 2.58. The molecule has 52 heavy (non-hydrogen) atoms. The number of para-hydroxylation sites is 1. The van der Waals surface area contributed by atoms with Crippen molar-refractivity contribution in [2.24, 2.45) is 0 Å². The first-order valence-corrected chi connectivity index (χ1v) is 19.4. The van der Waals surface area contributed by atoms with Gasteiger partial charge < -0.3 is 4.90 Å². The summed E-state index contributed by atoms with van der Waals surface area (Å²) in [7, 11) is 0. The Morgan fingerprint density at radius 3 is 1.87 bits per heavy atom. The second-order valence-corrected chi connectivity index (χ2v) is 15.7. The first-order chi connectivity index (χ1) is 25.8. The van der Waals surface area contributed by atoms with Crippen molar-refractivity contribution in [3.05, 3.63) is 182 Å². The van der Waals surface area contributed by atoms with Crippen LogP contribution < -0.4 is 21.3 Å². The van der Waals surface area contributed by atoms with Crippen LogP contribution in [-0.2, 0) is 0 Å². The highest BCUT2D eigenvalue weighted by atomic mass is 32.2. The Labute approximate surface area is 311 Å². The van der Waals surface area contributed by atoms with Crippen LogP contribution in [0.25, 0.3) is 53.6 Å². The van der Waals surface area contributed by atoms with Crippen molar-refractivity contribution in [1.29, 1.82) is 0 Å². The number of rotatable bonds is 4. The van der Waals surface area contributed by atoms with Crippen LogP contribution in [0.4, 0.5) is 17.1 Å². The molecule has 8 aromatic carbocycles. The summed E-state index contributed by atoms with van der Waals surface area (Å²) >= 11 is 3.80. The lowest BCUT2D eigenvalue weighted by atomic mass is 9.34. The van der Waals surface area contributed by atoms with Crippen molar-refractivity contribution in [3.63, 3.8) is 0 Å². The molecule has 1 nitrogen and oxygen atoms in total.